The van der Waals surface area contributed by atoms with E-state index >= 15 is 0 Å². The number of aliphatic hydroxyl groups excluding tert-OH is 1. The molecule has 2 nitrogen and oxygen atoms in total. The van der Waals surface area contributed by atoms with Crippen LogP contribution in [0.1, 0.15) is 5.56 Å². The molecule has 1 aromatic carbocycles. The Bertz CT molecular complexity index is 408. The topological polar surface area (TPSA) is 36.0 Å². The van der Waals surface area contributed by atoms with E-state index in [4.69, 9.17) is 5.11 Å². The molecule has 2 aromatic rings. The van der Waals surface area contributed by atoms with E-state index in [0.29, 0.717) is 0 Å². The molecule has 0 saturated carbocycles. The lowest BCUT2D eigenvalue weighted by Crippen LogP contribution is -1.99. The SMILES string of the molecule is Bc1ccc2[nH]cc(CO)c2c1. The summed E-state index contributed by atoms with van der Waals surface area (Å²) in [6, 6.07) is 6.17. The molecule has 0 spiro atoms. The Balaban J connectivity index is 2.75. The van der Waals surface area contributed by atoms with Crippen LogP contribution >= 0.6 is 0 Å². The Kier molecular flexibility index (Phi) is 1.66. The summed E-state index contributed by atoms with van der Waals surface area (Å²) < 4.78 is 0. The fourth-order valence-corrected chi connectivity index (χ4v) is 1.42. The van der Waals surface area contributed by atoms with Gasteiger partial charge in [0.05, 0.1) is 6.61 Å². The van der Waals surface area contributed by atoms with E-state index in [-0.39, 0.29) is 6.61 Å². The van der Waals surface area contributed by atoms with E-state index in [0.717, 1.165) is 16.5 Å². The zero-order valence-corrected chi connectivity index (χ0v) is 6.96. The Morgan fingerprint density at radius 3 is 3.00 bits per heavy atom. The van der Waals surface area contributed by atoms with Gasteiger partial charge in [-0.3, -0.25) is 0 Å². The molecule has 1 aromatic heterocycles. The van der Waals surface area contributed by atoms with E-state index in [9.17, 15) is 0 Å². The molecule has 12 heavy (non-hydrogen) atoms. The number of fused-ring (bicyclic) bond motifs is 1. The van der Waals surface area contributed by atoms with E-state index in [2.05, 4.69) is 17.1 Å². The van der Waals surface area contributed by atoms with Gasteiger partial charge in [0, 0.05) is 22.7 Å². The maximum atomic E-state index is 9.00. The first kappa shape index (κ1) is 7.43. The molecular weight excluding hydrogens is 149 g/mol. The van der Waals surface area contributed by atoms with Gasteiger partial charge >= 0.3 is 0 Å². The summed E-state index contributed by atoms with van der Waals surface area (Å²) in [5.74, 6) is 0. The van der Waals surface area contributed by atoms with Gasteiger partial charge in [0.15, 0.2) is 0 Å². The molecule has 3 heteroatoms. The van der Waals surface area contributed by atoms with Gasteiger partial charge in [-0.1, -0.05) is 17.6 Å². The maximum absolute atomic E-state index is 9.00. The predicted molar refractivity (Wildman–Crippen MR) is 52.4 cm³/mol. The number of hydrogen-bond donors (Lipinski definition) is 2. The average Bonchev–Trinajstić information content (AvgIpc) is 2.46. The normalized spacial score (nSPS) is 10.8. The molecule has 0 fully saturated rings. The molecule has 0 bridgehead atoms. The summed E-state index contributed by atoms with van der Waals surface area (Å²) in [6.07, 6.45) is 1.85. The first-order valence-corrected chi connectivity index (χ1v) is 3.99. The van der Waals surface area contributed by atoms with Crippen LogP contribution < -0.4 is 5.46 Å². The number of hydrogen-bond acceptors (Lipinski definition) is 1. The van der Waals surface area contributed by atoms with Crippen molar-refractivity contribution in [1.29, 1.82) is 0 Å². The van der Waals surface area contributed by atoms with Crippen molar-refractivity contribution in [3.63, 3.8) is 0 Å². The molecule has 2 rings (SSSR count). The molecule has 1 heterocycles. The zero-order valence-electron chi connectivity index (χ0n) is 6.96. The van der Waals surface area contributed by atoms with Crippen LogP contribution in [-0.2, 0) is 6.61 Å². The number of nitrogens with one attached hydrogen (secondary N) is 1. The highest BCUT2D eigenvalue weighted by atomic mass is 16.3. The zero-order chi connectivity index (χ0) is 8.55. The Labute approximate surface area is 71.6 Å². The Hall–Kier alpha value is -1.22. The Morgan fingerprint density at radius 2 is 2.25 bits per heavy atom. The van der Waals surface area contributed by atoms with E-state index < -0.39 is 0 Å². The molecule has 0 unspecified atom stereocenters. The first-order chi connectivity index (χ1) is 5.81. The number of benzene rings is 1. The number of aromatic nitrogens is 1. The third kappa shape index (κ3) is 1.03. The lowest BCUT2D eigenvalue weighted by molar-refractivity contribution is 0.283. The van der Waals surface area contributed by atoms with Crippen molar-refractivity contribution in [2.45, 2.75) is 6.61 Å². The van der Waals surface area contributed by atoms with Crippen molar-refractivity contribution in [1.82, 2.24) is 4.98 Å². The van der Waals surface area contributed by atoms with Gasteiger partial charge in [-0.25, -0.2) is 0 Å². The summed E-state index contributed by atoms with van der Waals surface area (Å²) >= 11 is 0. The quantitative estimate of drug-likeness (QED) is 0.561. The van der Waals surface area contributed by atoms with Crippen molar-refractivity contribution in [3.05, 3.63) is 30.0 Å². The van der Waals surface area contributed by atoms with Gasteiger partial charge in [0.25, 0.3) is 0 Å². The highest BCUT2D eigenvalue weighted by Crippen LogP contribution is 2.15. The molecule has 2 N–H and O–H groups in total. The van der Waals surface area contributed by atoms with Crippen LogP contribution in [0.15, 0.2) is 24.4 Å². The van der Waals surface area contributed by atoms with Crippen LogP contribution in [0, 0.1) is 0 Å². The molecule has 0 aliphatic carbocycles. The van der Waals surface area contributed by atoms with Gasteiger partial charge in [-0.05, 0) is 6.07 Å². The van der Waals surface area contributed by atoms with Crippen LogP contribution in [0.4, 0.5) is 0 Å². The number of H-pyrrole nitrogens is 1. The van der Waals surface area contributed by atoms with E-state index in [1.165, 1.54) is 5.46 Å². The van der Waals surface area contributed by atoms with Gasteiger partial charge < -0.3 is 10.1 Å². The van der Waals surface area contributed by atoms with Crippen molar-refractivity contribution in [3.8, 4) is 0 Å². The van der Waals surface area contributed by atoms with Crippen molar-refractivity contribution in [2.75, 3.05) is 0 Å². The summed E-state index contributed by atoms with van der Waals surface area (Å²) in [4.78, 5) is 3.11. The molecule has 60 valence electrons. The second kappa shape index (κ2) is 2.68. The number of aliphatic hydroxyl groups is 1. The van der Waals surface area contributed by atoms with E-state index in [1.54, 1.807) is 0 Å². The van der Waals surface area contributed by atoms with E-state index in [1.807, 2.05) is 20.1 Å². The minimum atomic E-state index is 0.101. The second-order valence-corrected chi connectivity index (χ2v) is 3.02. The molecule has 0 aliphatic rings. The van der Waals surface area contributed by atoms with Crippen molar-refractivity contribution >= 4 is 24.2 Å². The van der Waals surface area contributed by atoms with Gasteiger partial charge in [-0.15, -0.1) is 0 Å². The molecule has 0 amide bonds. The Morgan fingerprint density at radius 1 is 1.42 bits per heavy atom. The van der Waals surface area contributed by atoms with Crippen LogP contribution in [0.25, 0.3) is 10.9 Å². The van der Waals surface area contributed by atoms with Gasteiger partial charge in [-0.2, -0.15) is 0 Å². The first-order valence-electron chi connectivity index (χ1n) is 3.99. The van der Waals surface area contributed by atoms with Crippen LogP contribution in [-0.4, -0.2) is 17.9 Å². The fraction of sp³-hybridized carbons (Fsp3) is 0.111. The molecule has 0 saturated heterocycles. The van der Waals surface area contributed by atoms with Crippen molar-refractivity contribution in [2.24, 2.45) is 0 Å². The third-order valence-electron chi connectivity index (χ3n) is 2.09. The fourth-order valence-electron chi connectivity index (χ4n) is 1.42. The number of rotatable bonds is 1. The minimum Gasteiger partial charge on any atom is -0.392 e. The summed E-state index contributed by atoms with van der Waals surface area (Å²) in [5.41, 5.74) is 3.27. The lowest BCUT2D eigenvalue weighted by Gasteiger charge is -1.94. The predicted octanol–water partition coefficient (Wildman–Crippen LogP) is -0.0814. The highest BCUT2D eigenvalue weighted by Gasteiger charge is 2.00. The second-order valence-electron chi connectivity index (χ2n) is 3.02. The molecule has 0 aliphatic heterocycles. The van der Waals surface area contributed by atoms with Gasteiger partial charge in [0.2, 0.25) is 0 Å². The van der Waals surface area contributed by atoms with Gasteiger partial charge in [0.1, 0.15) is 7.85 Å². The molecule has 0 radical (unpaired) electrons. The minimum absolute atomic E-state index is 0.101. The smallest absolute Gasteiger partial charge is 0.139 e. The average molecular weight is 159 g/mol. The summed E-state index contributed by atoms with van der Waals surface area (Å²) in [5, 5.41) is 10.1. The summed E-state index contributed by atoms with van der Waals surface area (Å²) in [6.45, 7) is 0.101. The largest absolute Gasteiger partial charge is 0.392 e. The molecule has 0 atom stereocenters. The van der Waals surface area contributed by atoms with Crippen molar-refractivity contribution < 1.29 is 5.11 Å². The highest BCUT2D eigenvalue weighted by molar-refractivity contribution is 6.33. The van der Waals surface area contributed by atoms with Crippen LogP contribution in [0.3, 0.4) is 0 Å². The molecular formula is C9H10BNO. The maximum Gasteiger partial charge on any atom is 0.139 e. The third-order valence-corrected chi connectivity index (χ3v) is 2.09. The standard InChI is InChI=1S/C9H10BNO/c10-7-1-2-9-8(3-7)6(5-12)4-11-9/h1-4,11-12H,5,10H2. The monoisotopic (exact) mass is 159 g/mol. The summed E-state index contributed by atoms with van der Waals surface area (Å²) in [7, 11) is 2.05. The lowest BCUT2D eigenvalue weighted by atomic mass is 9.94. The van der Waals surface area contributed by atoms with Crippen LogP contribution in [0.5, 0.6) is 0 Å². The number of aromatic amines is 1. The van der Waals surface area contributed by atoms with Crippen LogP contribution in [0.2, 0.25) is 0 Å².